The van der Waals surface area contributed by atoms with E-state index in [0.29, 0.717) is 0 Å². The first kappa shape index (κ1) is 43.3. The Labute approximate surface area is 449 Å². The zero-order valence-electron chi connectivity index (χ0n) is 44.1. The van der Waals surface area contributed by atoms with Crippen molar-refractivity contribution in [1.29, 1.82) is 0 Å². The number of aryl methyl sites for hydroxylation is 4. The minimum atomic E-state index is -0.554. The van der Waals surface area contributed by atoms with Gasteiger partial charge in [0.25, 0.3) is 0 Å². The molecule has 0 saturated heterocycles. The first-order chi connectivity index (χ1) is 37.6. The van der Waals surface area contributed by atoms with Gasteiger partial charge in [0.1, 0.15) is 5.58 Å². The zero-order chi connectivity index (χ0) is 51.4. The molecule has 12 aromatic rings. The summed E-state index contributed by atoms with van der Waals surface area (Å²) in [4.78, 5) is 2.54. The molecule has 77 heavy (non-hydrogen) atoms. The van der Waals surface area contributed by atoms with Crippen LogP contribution in [0.2, 0.25) is 0 Å². The van der Waals surface area contributed by atoms with Gasteiger partial charge >= 0.3 is 0 Å². The fraction of sp³-hybridized carbons (Fsp3) is 0.120. The molecular formula is C75H53NO. The zero-order valence-corrected chi connectivity index (χ0v) is 44.1. The SMILES string of the molecule is Cc1ccc(C2(c3ccc(C)c(C)c3)c3ccccc3-c3cc4c(cc32)C(C)(C)c2ccccc2N4c2cccc3c2oc2c4c(ccc23)C2(c3ccccc3-c3ccccc32)c2ccc3c5c(ccc-4c25)C=C3)cc1C. The van der Waals surface area contributed by atoms with Gasteiger partial charge in [0.15, 0.2) is 5.58 Å². The maximum Gasteiger partial charge on any atom is 0.159 e. The van der Waals surface area contributed by atoms with Gasteiger partial charge in [-0.25, -0.2) is 0 Å². The lowest BCUT2D eigenvalue weighted by atomic mass is 9.61. The molecule has 4 aliphatic carbocycles. The highest BCUT2D eigenvalue weighted by atomic mass is 16.3. The lowest BCUT2D eigenvalue weighted by Gasteiger charge is -2.43. The summed E-state index contributed by atoms with van der Waals surface area (Å²) in [5, 5.41) is 4.89. The van der Waals surface area contributed by atoms with Gasteiger partial charge in [-0.3, -0.25) is 0 Å². The molecule has 0 bridgehead atoms. The van der Waals surface area contributed by atoms with E-state index in [4.69, 9.17) is 4.42 Å². The van der Waals surface area contributed by atoms with E-state index in [2.05, 4.69) is 259 Å². The molecule has 0 saturated carbocycles. The lowest BCUT2D eigenvalue weighted by Crippen LogP contribution is -2.33. The van der Waals surface area contributed by atoms with Crippen molar-refractivity contribution in [2.24, 2.45) is 0 Å². The van der Waals surface area contributed by atoms with Gasteiger partial charge in [-0.1, -0.05) is 208 Å². The van der Waals surface area contributed by atoms with Crippen molar-refractivity contribution in [2.45, 2.75) is 57.8 Å². The minimum absolute atomic E-state index is 0.351. The van der Waals surface area contributed by atoms with Gasteiger partial charge in [0, 0.05) is 21.8 Å². The van der Waals surface area contributed by atoms with E-state index < -0.39 is 10.8 Å². The van der Waals surface area contributed by atoms with E-state index in [1.54, 1.807) is 0 Å². The average Bonchev–Trinajstić information content (AvgIpc) is 3.63. The number of anilines is 3. The van der Waals surface area contributed by atoms with Crippen molar-refractivity contribution in [3.63, 3.8) is 0 Å². The monoisotopic (exact) mass is 983 g/mol. The van der Waals surface area contributed by atoms with Crippen molar-refractivity contribution in [1.82, 2.24) is 0 Å². The number of furan rings is 1. The molecule has 1 aromatic heterocycles. The third-order valence-electron chi connectivity index (χ3n) is 19.4. The van der Waals surface area contributed by atoms with Crippen LogP contribution in [0.15, 0.2) is 205 Å². The number of fused-ring (bicyclic) bond motifs is 18. The number of nitrogens with zero attached hydrogens (tertiary/aromatic N) is 1. The van der Waals surface area contributed by atoms with Crippen LogP contribution in [-0.2, 0) is 16.2 Å². The molecule has 0 amide bonds. The molecule has 11 aromatic carbocycles. The van der Waals surface area contributed by atoms with Crippen molar-refractivity contribution in [3.05, 3.63) is 289 Å². The topological polar surface area (TPSA) is 16.4 Å². The number of hydrogen-bond acceptors (Lipinski definition) is 2. The molecule has 364 valence electrons. The highest BCUT2D eigenvalue weighted by Crippen LogP contribution is 2.65. The van der Waals surface area contributed by atoms with E-state index in [9.17, 15) is 0 Å². The van der Waals surface area contributed by atoms with Crippen LogP contribution < -0.4 is 4.90 Å². The Hall–Kier alpha value is -8.98. The fourth-order valence-corrected chi connectivity index (χ4v) is 15.6. The van der Waals surface area contributed by atoms with E-state index in [1.165, 1.54) is 145 Å². The Balaban J connectivity index is 0.962. The molecule has 2 heterocycles. The average molecular weight is 984 g/mol. The molecule has 0 fully saturated rings. The predicted octanol–water partition coefficient (Wildman–Crippen LogP) is 19.3. The second kappa shape index (κ2) is 14.7. The van der Waals surface area contributed by atoms with Crippen molar-refractivity contribution < 1.29 is 4.42 Å². The van der Waals surface area contributed by atoms with Crippen molar-refractivity contribution in [3.8, 4) is 33.4 Å². The van der Waals surface area contributed by atoms with Crippen LogP contribution in [-0.4, -0.2) is 0 Å². The van der Waals surface area contributed by atoms with Crippen molar-refractivity contribution in [2.75, 3.05) is 4.90 Å². The molecule has 1 spiro atoms. The molecule has 5 aliphatic rings. The molecule has 17 rings (SSSR count). The third-order valence-corrected chi connectivity index (χ3v) is 19.4. The molecule has 0 radical (unpaired) electrons. The highest BCUT2D eigenvalue weighted by molar-refractivity contribution is 6.21. The Kier molecular flexibility index (Phi) is 8.26. The van der Waals surface area contributed by atoms with E-state index in [0.717, 1.165) is 27.6 Å². The van der Waals surface area contributed by atoms with Gasteiger partial charge in [-0.2, -0.15) is 0 Å². The van der Waals surface area contributed by atoms with Crippen LogP contribution in [0.1, 0.15) is 103 Å². The number of para-hydroxylation sites is 2. The highest BCUT2D eigenvalue weighted by Gasteiger charge is 2.52. The van der Waals surface area contributed by atoms with E-state index in [1.807, 2.05) is 0 Å². The summed E-state index contributed by atoms with van der Waals surface area (Å²) < 4.78 is 7.80. The Morgan fingerprint density at radius 1 is 0.338 bits per heavy atom. The van der Waals surface area contributed by atoms with Crippen LogP contribution in [0.25, 0.3) is 78.2 Å². The van der Waals surface area contributed by atoms with Crippen LogP contribution in [0, 0.1) is 27.7 Å². The fourth-order valence-electron chi connectivity index (χ4n) is 15.6. The van der Waals surface area contributed by atoms with E-state index >= 15 is 0 Å². The molecular weight excluding hydrogens is 931 g/mol. The van der Waals surface area contributed by atoms with Gasteiger partial charge in [-0.15, -0.1) is 0 Å². The molecule has 2 nitrogen and oxygen atoms in total. The summed E-state index contributed by atoms with van der Waals surface area (Å²) in [5.41, 5.74) is 32.1. The molecule has 0 N–H and O–H groups in total. The smallest absolute Gasteiger partial charge is 0.159 e. The molecule has 1 aliphatic heterocycles. The van der Waals surface area contributed by atoms with Crippen LogP contribution in [0.4, 0.5) is 17.1 Å². The maximum absolute atomic E-state index is 7.80. The minimum Gasteiger partial charge on any atom is -0.453 e. The summed E-state index contributed by atoms with van der Waals surface area (Å²) in [6, 6.07) is 77.1. The van der Waals surface area contributed by atoms with Crippen molar-refractivity contribution >= 4 is 61.9 Å². The van der Waals surface area contributed by atoms with Crippen LogP contribution >= 0.6 is 0 Å². The second-order valence-electron chi connectivity index (χ2n) is 23.2. The normalized spacial score (nSPS) is 15.6. The summed E-state index contributed by atoms with van der Waals surface area (Å²) in [5.74, 6) is 0. The Morgan fingerprint density at radius 2 is 0.896 bits per heavy atom. The first-order valence-electron chi connectivity index (χ1n) is 27.4. The lowest BCUT2D eigenvalue weighted by molar-refractivity contribution is 0.627. The molecule has 0 atom stereocenters. The van der Waals surface area contributed by atoms with E-state index in [-0.39, 0.29) is 5.41 Å². The van der Waals surface area contributed by atoms with Gasteiger partial charge < -0.3 is 9.32 Å². The quantitative estimate of drug-likeness (QED) is 0.175. The second-order valence-corrected chi connectivity index (χ2v) is 23.2. The summed E-state index contributed by atoms with van der Waals surface area (Å²) in [6.45, 7) is 13.8. The summed E-state index contributed by atoms with van der Waals surface area (Å²) in [7, 11) is 0. The third kappa shape index (κ3) is 5.13. The Morgan fingerprint density at radius 3 is 1.56 bits per heavy atom. The standard InChI is InChI=1S/C75H53NO/c1-42-26-32-48(38-44(42)3)74(49-33-27-43(2)45(4)39-49)57-20-10-9-18-52(57)56-40-67-64(41-63(56)74)73(5,6)60-23-13-14-24-65(60)76(67)66-25-15-19-53-54-35-37-62-70(72(54)77-71(53)66)55-34-30-46-28-29-47-31-36-61(69(55)68(46)47)75(62)58-21-11-7-16-50(58)51-17-8-12-22-59(51)75/h7-41H,1-6H3. The number of benzene rings is 11. The van der Waals surface area contributed by atoms with Gasteiger partial charge in [0.2, 0.25) is 0 Å². The maximum atomic E-state index is 7.80. The van der Waals surface area contributed by atoms with Gasteiger partial charge in [-0.05, 0) is 173 Å². The summed E-state index contributed by atoms with van der Waals surface area (Å²) in [6.07, 6.45) is 4.59. The van der Waals surface area contributed by atoms with Crippen LogP contribution in [0.5, 0.6) is 0 Å². The predicted molar refractivity (Wildman–Crippen MR) is 320 cm³/mol. The first-order valence-corrected chi connectivity index (χ1v) is 27.4. The van der Waals surface area contributed by atoms with Gasteiger partial charge in [0.05, 0.1) is 27.9 Å². The number of hydrogen-bond donors (Lipinski definition) is 0. The van der Waals surface area contributed by atoms with Crippen LogP contribution in [0.3, 0.4) is 0 Å². The number of rotatable bonds is 3. The molecule has 2 heteroatoms. The Bertz CT molecular complexity index is 4620. The molecule has 0 unspecified atom stereocenters. The summed E-state index contributed by atoms with van der Waals surface area (Å²) >= 11 is 0. The largest absolute Gasteiger partial charge is 0.453 e.